The van der Waals surface area contributed by atoms with Crippen LogP contribution in [0.3, 0.4) is 0 Å². The number of carbonyl (C=O) groups excluding carboxylic acids is 1. The summed E-state index contributed by atoms with van der Waals surface area (Å²) < 4.78 is 26.3. The topological polar surface area (TPSA) is 125 Å². The first-order chi connectivity index (χ1) is 17.0. The zero-order chi connectivity index (χ0) is 24.8. The van der Waals surface area contributed by atoms with Crippen LogP contribution in [0.2, 0.25) is 0 Å². The highest BCUT2D eigenvalue weighted by Gasteiger charge is 2.21. The summed E-state index contributed by atoms with van der Waals surface area (Å²) in [6, 6.07) is 3.84. The van der Waals surface area contributed by atoms with Crippen LogP contribution in [-0.4, -0.2) is 48.6 Å². The third-order valence-electron chi connectivity index (χ3n) is 5.55. The van der Waals surface area contributed by atoms with E-state index in [1.54, 1.807) is 25.1 Å². The fraction of sp³-hybridized carbons (Fsp3) is 0.391. The molecule has 1 atom stereocenters. The number of carbonyl (C=O) groups is 1. The van der Waals surface area contributed by atoms with Gasteiger partial charge in [-0.1, -0.05) is 12.1 Å². The van der Waals surface area contributed by atoms with Crippen LogP contribution in [0.1, 0.15) is 30.9 Å². The van der Waals surface area contributed by atoms with Gasteiger partial charge < -0.3 is 28.8 Å². The van der Waals surface area contributed by atoms with E-state index in [0.29, 0.717) is 42.0 Å². The highest BCUT2D eigenvalue weighted by Crippen LogP contribution is 2.38. The highest BCUT2D eigenvalue weighted by molar-refractivity contribution is 8.04. The number of benzene rings is 1. The van der Waals surface area contributed by atoms with Gasteiger partial charge in [0.15, 0.2) is 11.4 Å². The second-order valence-electron chi connectivity index (χ2n) is 7.88. The SMILES string of the molecule is CCC1C=NC(OC)=C(SNc2noc3cc(Cn4cc(CNC(=O)OC)cn4)cc(OC)c23)C1. The number of aliphatic imine (C=N–C) groups is 1. The van der Waals surface area contributed by atoms with Crippen LogP contribution in [0.5, 0.6) is 5.75 Å². The first kappa shape index (κ1) is 24.5. The molecule has 12 heteroatoms. The van der Waals surface area contributed by atoms with Crippen molar-refractivity contribution in [3.05, 3.63) is 46.4 Å². The van der Waals surface area contributed by atoms with Crippen molar-refractivity contribution < 1.29 is 23.5 Å². The van der Waals surface area contributed by atoms with Gasteiger partial charge in [-0.2, -0.15) is 5.10 Å². The summed E-state index contributed by atoms with van der Waals surface area (Å²) in [5.41, 5.74) is 2.38. The molecule has 35 heavy (non-hydrogen) atoms. The summed E-state index contributed by atoms with van der Waals surface area (Å²) in [4.78, 5) is 16.7. The van der Waals surface area contributed by atoms with E-state index in [0.717, 1.165) is 34.3 Å². The van der Waals surface area contributed by atoms with Gasteiger partial charge in [0.2, 0.25) is 5.88 Å². The van der Waals surface area contributed by atoms with Crippen LogP contribution in [0, 0.1) is 5.92 Å². The maximum Gasteiger partial charge on any atom is 0.407 e. The Hall–Kier alpha value is -3.67. The summed E-state index contributed by atoms with van der Waals surface area (Å²) >= 11 is 1.42. The number of alkyl carbamates (subject to hydrolysis) is 1. The molecule has 1 aliphatic rings. The molecule has 0 spiro atoms. The summed E-state index contributed by atoms with van der Waals surface area (Å²) in [5, 5.41) is 12.0. The van der Waals surface area contributed by atoms with E-state index in [2.05, 4.69) is 36.9 Å². The van der Waals surface area contributed by atoms with Crippen molar-refractivity contribution in [2.24, 2.45) is 10.9 Å². The molecule has 11 nitrogen and oxygen atoms in total. The Kier molecular flexibility index (Phi) is 7.80. The Labute approximate surface area is 207 Å². The number of amides is 1. The number of aromatic nitrogens is 3. The summed E-state index contributed by atoms with van der Waals surface area (Å²) in [5.74, 6) is 2.18. The van der Waals surface area contributed by atoms with Crippen molar-refractivity contribution in [3.63, 3.8) is 0 Å². The number of anilines is 1. The lowest BCUT2D eigenvalue weighted by atomic mass is 10.0. The molecular weight excluding hydrogens is 472 g/mol. The highest BCUT2D eigenvalue weighted by atomic mass is 32.2. The molecule has 0 saturated carbocycles. The number of ether oxygens (including phenoxy) is 3. The number of hydrogen-bond acceptors (Lipinski definition) is 10. The van der Waals surface area contributed by atoms with Crippen molar-refractivity contribution in [1.82, 2.24) is 20.3 Å². The molecule has 0 aliphatic carbocycles. The maximum absolute atomic E-state index is 11.3. The number of nitrogens with zero attached hydrogens (tertiary/aromatic N) is 4. The molecule has 0 radical (unpaired) electrons. The number of nitrogens with one attached hydrogen (secondary N) is 2. The molecule has 186 valence electrons. The number of methoxy groups -OCH3 is 3. The van der Waals surface area contributed by atoms with Crippen molar-refractivity contribution in [2.75, 3.05) is 26.1 Å². The Morgan fingerprint density at radius 1 is 1.26 bits per heavy atom. The van der Waals surface area contributed by atoms with Crippen LogP contribution >= 0.6 is 11.9 Å². The van der Waals surface area contributed by atoms with Gasteiger partial charge >= 0.3 is 6.09 Å². The van der Waals surface area contributed by atoms with E-state index in [1.807, 2.05) is 24.5 Å². The molecule has 1 amide bonds. The smallest absolute Gasteiger partial charge is 0.407 e. The minimum Gasteiger partial charge on any atom is -0.496 e. The van der Waals surface area contributed by atoms with E-state index in [9.17, 15) is 4.79 Å². The fourth-order valence-corrected chi connectivity index (χ4v) is 4.54. The van der Waals surface area contributed by atoms with Crippen LogP contribution in [0.15, 0.2) is 44.8 Å². The lowest BCUT2D eigenvalue weighted by Crippen LogP contribution is -2.21. The van der Waals surface area contributed by atoms with E-state index in [4.69, 9.17) is 14.0 Å². The van der Waals surface area contributed by atoms with E-state index < -0.39 is 6.09 Å². The molecule has 1 aliphatic heterocycles. The number of allylic oxidation sites excluding steroid dienone is 1. The van der Waals surface area contributed by atoms with E-state index >= 15 is 0 Å². The molecule has 0 saturated heterocycles. The standard InChI is InChI=1S/C23H28N6O5S/c1-5-14-8-19(22(32-3)24-9-14)35-28-21-20-17(31-2)6-15(7-18(20)34-27-21)12-29-13-16(11-26-29)10-25-23(30)33-4/h6-7,9,11,13-14H,5,8,10,12H2,1-4H3,(H,25,30)(H,27,28). The number of fused-ring (bicyclic) bond motifs is 1. The van der Waals surface area contributed by atoms with Gasteiger partial charge in [0, 0.05) is 24.5 Å². The van der Waals surface area contributed by atoms with Gasteiger partial charge in [-0.15, -0.1) is 0 Å². The Morgan fingerprint density at radius 2 is 2.11 bits per heavy atom. The predicted molar refractivity (Wildman–Crippen MR) is 133 cm³/mol. The molecule has 0 bridgehead atoms. The summed E-state index contributed by atoms with van der Waals surface area (Å²) in [7, 11) is 4.56. The molecule has 1 unspecified atom stereocenters. The molecule has 2 N–H and O–H groups in total. The van der Waals surface area contributed by atoms with Crippen LogP contribution in [0.25, 0.3) is 11.0 Å². The van der Waals surface area contributed by atoms with E-state index in [1.165, 1.54) is 19.1 Å². The predicted octanol–water partition coefficient (Wildman–Crippen LogP) is 4.31. The number of rotatable bonds is 10. The average Bonchev–Trinajstić information content (AvgIpc) is 3.51. The molecule has 1 aromatic carbocycles. The molecule has 0 fully saturated rings. The molecule has 4 rings (SSSR count). The van der Waals surface area contributed by atoms with E-state index in [-0.39, 0.29) is 0 Å². The monoisotopic (exact) mass is 500 g/mol. The normalized spacial score (nSPS) is 15.4. The zero-order valence-electron chi connectivity index (χ0n) is 20.0. The van der Waals surface area contributed by atoms with Gasteiger partial charge in [-0.3, -0.25) is 4.68 Å². The molecule has 3 heterocycles. The Balaban J connectivity index is 1.49. The van der Waals surface area contributed by atoms with Gasteiger partial charge in [0.25, 0.3) is 0 Å². The summed E-state index contributed by atoms with van der Waals surface area (Å²) in [6.07, 6.45) is 6.86. The molecular formula is C23H28N6O5S. The second kappa shape index (κ2) is 11.2. The van der Waals surface area contributed by atoms with Crippen molar-refractivity contribution in [3.8, 4) is 5.75 Å². The fourth-order valence-electron chi connectivity index (χ4n) is 3.66. The van der Waals surface area contributed by atoms with Crippen molar-refractivity contribution in [2.45, 2.75) is 32.9 Å². The molecule has 2 aromatic heterocycles. The van der Waals surface area contributed by atoms with Gasteiger partial charge in [-0.05, 0) is 48.4 Å². The van der Waals surface area contributed by atoms with Gasteiger partial charge in [-0.25, -0.2) is 9.79 Å². The average molecular weight is 501 g/mol. The number of hydrogen-bond donors (Lipinski definition) is 2. The largest absolute Gasteiger partial charge is 0.496 e. The second-order valence-corrected chi connectivity index (χ2v) is 8.78. The Morgan fingerprint density at radius 3 is 2.86 bits per heavy atom. The van der Waals surface area contributed by atoms with Gasteiger partial charge in [0.1, 0.15) is 11.1 Å². The van der Waals surface area contributed by atoms with Crippen LogP contribution < -0.4 is 14.8 Å². The molecule has 3 aromatic rings. The summed E-state index contributed by atoms with van der Waals surface area (Å²) in [6.45, 7) is 2.96. The lowest BCUT2D eigenvalue weighted by Gasteiger charge is -2.19. The minimum atomic E-state index is -0.489. The first-order valence-corrected chi connectivity index (χ1v) is 11.9. The first-order valence-electron chi connectivity index (χ1n) is 11.1. The third kappa shape index (κ3) is 5.70. The van der Waals surface area contributed by atoms with Crippen molar-refractivity contribution >= 4 is 41.0 Å². The van der Waals surface area contributed by atoms with Crippen LogP contribution in [-0.2, 0) is 22.6 Å². The van der Waals surface area contributed by atoms with Crippen LogP contribution in [0.4, 0.5) is 10.6 Å². The lowest BCUT2D eigenvalue weighted by molar-refractivity contribution is 0.170. The minimum absolute atomic E-state index is 0.329. The Bertz CT molecular complexity index is 1250. The van der Waals surface area contributed by atoms with Crippen molar-refractivity contribution in [1.29, 1.82) is 0 Å². The third-order valence-corrected chi connectivity index (χ3v) is 6.43. The quantitative estimate of drug-likeness (QED) is 0.392. The zero-order valence-corrected chi connectivity index (χ0v) is 20.8. The maximum atomic E-state index is 11.3. The van der Waals surface area contributed by atoms with Gasteiger partial charge in [0.05, 0.1) is 39.0 Å².